The second-order valence-electron chi connectivity index (χ2n) is 4.77. The second kappa shape index (κ2) is 7.03. The van der Waals surface area contributed by atoms with Gasteiger partial charge in [-0.15, -0.1) is 5.10 Å². The van der Waals surface area contributed by atoms with E-state index in [4.69, 9.17) is 0 Å². The maximum absolute atomic E-state index is 10.6. The number of nitrogens with zero attached hydrogens (tertiary/aromatic N) is 3. The molecule has 0 saturated heterocycles. The molecule has 2 aromatic carbocycles. The van der Waals surface area contributed by atoms with Crippen LogP contribution in [0.25, 0.3) is 0 Å². The number of aromatic nitrogens is 3. The normalized spacial score (nSPS) is 10.3. The SMILES string of the molecule is O=C([O-])c1nc(N=Cc2ccc(C#Cc3ccccc3)cc2)n[nH]1. The Bertz CT molecular complexity index is 932. The largest absolute Gasteiger partial charge is 0.542 e. The van der Waals surface area contributed by atoms with E-state index < -0.39 is 5.97 Å². The van der Waals surface area contributed by atoms with Gasteiger partial charge in [-0.25, -0.2) is 4.99 Å². The molecule has 0 spiro atoms. The summed E-state index contributed by atoms with van der Waals surface area (Å²) in [6, 6.07) is 17.2. The predicted octanol–water partition coefficient (Wildman–Crippen LogP) is 1.32. The average molecular weight is 315 g/mol. The van der Waals surface area contributed by atoms with Crippen LogP contribution in [-0.4, -0.2) is 27.4 Å². The predicted molar refractivity (Wildman–Crippen MR) is 86.8 cm³/mol. The van der Waals surface area contributed by atoms with E-state index in [2.05, 4.69) is 32.0 Å². The van der Waals surface area contributed by atoms with Gasteiger partial charge >= 0.3 is 0 Å². The highest BCUT2D eigenvalue weighted by Gasteiger charge is 2.00. The van der Waals surface area contributed by atoms with Gasteiger partial charge in [-0.3, -0.25) is 5.10 Å². The number of hydrogen-bond acceptors (Lipinski definition) is 5. The molecule has 0 unspecified atom stereocenters. The maximum atomic E-state index is 10.6. The summed E-state index contributed by atoms with van der Waals surface area (Å²) < 4.78 is 0. The van der Waals surface area contributed by atoms with Crippen LogP contribution >= 0.6 is 0 Å². The zero-order valence-corrected chi connectivity index (χ0v) is 12.4. The Morgan fingerprint density at radius 1 is 1.04 bits per heavy atom. The number of carbonyl (C=O) groups excluding carboxylic acids is 1. The van der Waals surface area contributed by atoms with Gasteiger partial charge in [0, 0.05) is 17.3 Å². The number of rotatable bonds is 3. The molecular formula is C18H11N4O2-. The number of H-pyrrole nitrogens is 1. The minimum Gasteiger partial charge on any atom is -0.542 e. The third kappa shape index (κ3) is 3.93. The summed E-state index contributed by atoms with van der Waals surface area (Å²) in [6.45, 7) is 0. The first-order valence-corrected chi connectivity index (χ1v) is 7.06. The van der Waals surface area contributed by atoms with Crippen LogP contribution in [0.15, 0.2) is 59.6 Å². The number of benzene rings is 2. The lowest BCUT2D eigenvalue weighted by Gasteiger charge is -1.93. The smallest absolute Gasteiger partial charge is 0.268 e. The van der Waals surface area contributed by atoms with Crippen LogP contribution in [0.4, 0.5) is 5.95 Å². The van der Waals surface area contributed by atoms with Gasteiger partial charge in [-0.05, 0) is 29.8 Å². The number of aromatic carboxylic acids is 1. The van der Waals surface area contributed by atoms with Crippen molar-refractivity contribution in [2.75, 3.05) is 0 Å². The van der Waals surface area contributed by atoms with Crippen molar-refractivity contribution in [1.29, 1.82) is 0 Å². The van der Waals surface area contributed by atoms with Crippen molar-refractivity contribution in [2.45, 2.75) is 0 Å². The Balaban J connectivity index is 1.69. The van der Waals surface area contributed by atoms with E-state index in [-0.39, 0.29) is 11.8 Å². The van der Waals surface area contributed by atoms with Gasteiger partial charge in [-0.2, -0.15) is 4.98 Å². The number of carboxylic acid groups (broad SMARTS) is 1. The van der Waals surface area contributed by atoms with Crippen molar-refractivity contribution < 1.29 is 9.90 Å². The summed E-state index contributed by atoms with van der Waals surface area (Å²) in [6.07, 6.45) is 1.54. The molecule has 6 heteroatoms. The van der Waals surface area contributed by atoms with Crippen molar-refractivity contribution in [3.63, 3.8) is 0 Å². The van der Waals surface area contributed by atoms with Crippen LogP contribution in [0.3, 0.4) is 0 Å². The van der Waals surface area contributed by atoms with Crippen molar-refractivity contribution >= 4 is 18.1 Å². The molecule has 0 fully saturated rings. The first-order valence-electron chi connectivity index (χ1n) is 7.06. The van der Waals surface area contributed by atoms with E-state index in [1.807, 2.05) is 54.6 Å². The fraction of sp³-hybridized carbons (Fsp3) is 0. The van der Waals surface area contributed by atoms with E-state index in [0.717, 1.165) is 16.7 Å². The molecule has 24 heavy (non-hydrogen) atoms. The molecule has 0 aliphatic carbocycles. The number of nitrogens with one attached hydrogen (secondary N) is 1. The van der Waals surface area contributed by atoms with Crippen LogP contribution < -0.4 is 5.11 Å². The Morgan fingerprint density at radius 2 is 1.71 bits per heavy atom. The van der Waals surface area contributed by atoms with Crippen LogP contribution in [0, 0.1) is 11.8 Å². The first-order chi connectivity index (χ1) is 11.7. The molecular weight excluding hydrogens is 304 g/mol. The zero-order chi connectivity index (χ0) is 16.8. The number of hydrogen-bond donors (Lipinski definition) is 1. The van der Waals surface area contributed by atoms with Gasteiger partial charge in [0.15, 0.2) is 5.82 Å². The summed E-state index contributed by atoms with van der Waals surface area (Å²) in [7, 11) is 0. The third-order valence-electron chi connectivity index (χ3n) is 3.03. The lowest BCUT2D eigenvalue weighted by Crippen LogP contribution is -2.23. The Labute approximate surface area is 137 Å². The minimum absolute atomic E-state index is 0.0298. The summed E-state index contributed by atoms with van der Waals surface area (Å²) in [5.74, 6) is 4.41. The molecule has 0 amide bonds. The molecule has 0 bridgehead atoms. The Kier molecular flexibility index (Phi) is 4.45. The highest BCUT2D eigenvalue weighted by Crippen LogP contribution is 2.06. The molecule has 1 heterocycles. The summed E-state index contributed by atoms with van der Waals surface area (Å²) >= 11 is 0. The van der Waals surface area contributed by atoms with Gasteiger partial charge in [0.25, 0.3) is 5.95 Å². The van der Waals surface area contributed by atoms with E-state index >= 15 is 0 Å². The highest BCUT2D eigenvalue weighted by molar-refractivity contribution is 5.83. The molecule has 3 aromatic rings. The quantitative estimate of drug-likeness (QED) is 0.582. The topological polar surface area (TPSA) is 94.1 Å². The van der Waals surface area contributed by atoms with Crippen LogP contribution in [0.1, 0.15) is 27.3 Å². The maximum Gasteiger partial charge on any atom is 0.268 e. The Morgan fingerprint density at radius 3 is 2.33 bits per heavy atom. The highest BCUT2D eigenvalue weighted by atomic mass is 16.4. The van der Waals surface area contributed by atoms with Crippen molar-refractivity contribution in [1.82, 2.24) is 15.2 Å². The fourth-order valence-electron chi connectivity index (χ4n) is 1.85. The molecule has 0 radical (unpaired) electrons. The lowest BCUT2D eigenvalue weighted by molar-refractivity contribution is -0.256. The number of carbonyl (C=O) groups is 1. The molecule has 1 aromatic heterocycles. The lowest BCUT2D eigenvalue weighted by atomic mass is 10.1. The van der Waals surface area contributed by atoms with Gasteiger partial charge in [-0.1, -0.05) is 42.2 Å². The third-order valence-corrected chi connectivity index (χ3v) is 3.03. The zero-order valence-electron chi connectivity index (χ0n) is 12.4. The van der Waals surface area contributed by atoms with Gasteiger partial charge in [0.1, 0.15) is 5.97 Å². The van der Waals surface area contributed by atoms with Crippen molar-refractivity contribution in [3.05, 3.63) is 77.1 Å². The summed E-state index contributed by atoms with van der Waals surface area (Å²) in [4.78, 5) is 18.2. The van der Waals surface area contributed by atoms with Crippen LogP contribution in [0.5, 0.6) is 0 Å². The molecule has 0 aliphatic heterocycles. The van der Waals surface area contributed by atoms with Gasteiger partial charge in [0.05, 0.1) is 0 Å². The van der Waals surface area contributed by atoms with Crippen LogP contribution in [-0.2, 0) is 0 Å². The van der Waals surface area contributed by atoms with E-state index in [0.29, 0.717) is 0 Å². The number of aromatic amines is 1. The van der Waals surface area contributed by atoms with Crippen LogP contribution in [0.2, 0.25) is 0 Å². The standard InChI is InChI=1S/C18H12N4O2/c23-17(24)16-20-18(22-21-16)19-12-15-10-8-14(9-11-15)7-6-13-4-2-1-3-5-13/h1-5,8-12H,(H,23,24)(H,20,21,22)/p-1. The average Bonchev–Trinajstić information content (AvgIpc) is 3.09. The molecule has 3 rings (SSSR count). The molecule has 116 valence electrons. The first kappa shape index (κ1) is 15.2. The monoisotopic (exact) mass is 315 g/mol. The number of carboxylic acids is 1. The van der Waals surface area contributed by atoms with E-state index in [9.17, 15) is 9.90 Å². The number of aliphatic imine (C=N–C) groups is 1. The second-order valence-corrected chi connectivity index (χ2v) is 4.77. The minimum atomic E-state index is -1.43. The van der Waals surface area contributed by atoms with Gasteiger partial charge in [0.2, 0.25) is 0 Å². The van der Waals surface area contributed by atoms with Gasteiger partial charge < -0.3 is 9.90 Å². The fourth-order valence-corrected chi connectivity index (χ4v) is 1.85. The summed E-state index contributed by atoms with van der Waals surface area (Å²) in [5, 5.41) is 16.5. The van der Waals surface area contributed by atoms with E-state index in [1.54, 1.807) is 0 Å². The van der Waals surface area contributed by atoms with Crippen molar-refractivity contribution in [2.24, 2.45) is 4.99 Å². The molecule has 1 N–H and O–H groups in total. The molecule has 0 saturated carbocycles. The van der Waals surface area contributed by atoms with E-state index in [1.165, 1.54) is 6.21 Å². The van der Waals surface area contributed by atoms with Crippen molar-refractivity contribution in [3.8, 4) is 11.8 Å². The Hall–Kier alpha value is -3.72. The molecule has 0 atom stereocenters. The molecule has 0 aliphatic rings. The molecule has 6 nitrogen and oxygen atoms in total. The summed E-state index contributed by atoms with van der Waals surface area (Å²) in [5.41, 5.74) is 2.66.